The highest BCUT2D eigenvalue weighted by atomic mass is 32.2. The molecular weight excluding hydrogens is 411 g/mol. The molecule has 0 aliphatic heterocycles. The van der Waals surface area contributed by atoms with Gasteiger partial charge in [-0.25, -0.2) is 9.18 Å². The molecule has 2 rings (SSSR count). The van der Waals surface area contributed by atoms with Crippen LogP contribution in [0.4, 0.5) is 4.39 Å². The lowest BCUT2D eigenvalue weighted by atomic mass is 10.0. The highest BCUT2D eigenvalue weighted by Gasteiger charge is 2.27. The van der Waals surface area contributed by atoms with Crippen LogP contribution >= 0.6 is 0 Å². The van der Waals surface area contributed by atoms with Crippen LogP contribution < -0.4 is 10.6 Å². The molecule has 30 heavy (non-hydrogen) atoms. The van der Waals surface area contributed by atoms with Crippen LogP contribution in [0.2, 0.25) is 0 Å². The number of aliphatic carboxylic acids is 1. The maximum Gasteiger partial charge on any atom is 0.326 e. The van der Waals surface area contributed by atoms with Crippen LogP contribution in [0.5, 0.6) is 0 Å². The molecule has 160 valence electrons. The zero-order valence-electron chi connectivity index (χ0n) is 16.3. The molecule has 0 spiro atoms. The van der Waals surface area contributed by atoms with Crippen molar-refractivity contribution in [2.45, 2.75) is 36.7 Å². The molecule has 2 aromatic carbocycles. The zero-order valence-corrected chi connectivity index (χ0v) is 17.2. The zero-order chi connectivity index (χ0) is 22.1. The van der Waals surface area contributed by atoms with Crippen molar-refractivity contribution >= 4 is 28.6 Å². The Labute approximate surface area is 176 Å². The molecule has 2 aromatic rings. The number of benzene rings is 2. The second kappa shape index (κ2) is 11.2. The van der Waals surface area contributed by atoms with Gasteiger partial charge in [0, 0.05) is 24.0 Å². The molecule has 9 heteroatoms. The van der Waals surface area contributed by atoms with E-state index in [1.165, 1.54) is 25.1 Å². The fraction of sp³-hybridized carbons (Fsp3) is 0.286. The van der Waals surface area contributed by atoms with Crippen molar-refractivity contribution in [2.24, 2.45) is 0 Å². The third kappa shape index (κ3) is 7.07. The van der Waals surface area contributed by atoms with Gasteiger partial charge >= 0.3 is 5.97 Å². The van der Waals surface area contributed by atoms with Crippen LogP contribution in [0.3, 0.4) is 0 Å². The van der Waals surface area contributed by atoms with Gasteiger partial charge in [0.15, 0.2) is 0 Å². The van der Waals surface area contributed by atoms with Gasteiger partial charge in [-0.15, -0.1) is 0 Å². The second-order valence-corrected chi connectivity index (χ2v) is 8.17. The van der Waals surface area contributed by atoms with E-state index in [9.17, 15) is 28.1 Å². The Balaban J connectivity index is 2.06. The van der Waals surface area contributed by atoms with Gasteiger partial charge in [0.1, 0.15) is 17.9 Å². The number of hydrogen-bond donors (Lipinski definition) is 3. The molecule has 0 unspecified atom stereocenters. The molecule has 0 aliphatic carbocycles. The molecule has 0 fully saturated rings. The monoisotopic (exact) mass is 434 g/mol. The number of hydrogen-bond acceptors (Lipinski definition) is 4. The Morgan fingerprint density at radius 2 is 1.63 bits per heavy atom. The summed E-state index contributed by atoms with van der Waals surface area (Å²) in [5, 5.41) is 14.2. The lowest BCUT2D eigenvalue weighted by molar-refractivity contribution is -0.142. The largest absolute Gasteiger partial charge is 0.480 e. The van der Waals surface area contributed by atoms with Gasteiger partial charge < -0.3 is 15.7 Å². The van der Waals surface area contributed by atoms with Crippen LogP contribution in [0.15, 0.2) is 59.5 Å². The van der Waals surface area contributed by atoms with E-state index in [-0.39, 0.29) is 24.2 Å². The Bertz CT molecular complexity index is 923. The van der Waals surface area contributed by atoms with Crippen molar-refractivity contribution in [1.82, 2.24) is 10.6 Å². The SMILES string of the molecule is CC(=O)N[C@@H](Cc1ccccc1F)C(=O)N[C@H](CC[S@](=O)c1ccccc1)C(=O)O. The smallest absolute Gasteiger partial charge is 0.326 e. The molecule has 7 nitrogen and oxygen atoms in total. The minimum absolute atomic E-state index is 0.0272. The van der Waals surface area contributed by atoms with Crippen molar-refractivity contribution < 1.29 is 28.1 Å². The predicted molar refractivity (Wildman–Crippen MR) is 110 cm³/mol. The maximum absolute atomic E-state index is 13.9. The number of carbonyl (C=O) groups excluding carboxylic acids is 2. The van der Waals surface area contributed by atoms with Gasteiger partial charge in [-0.3, -0.25) is 13.8 Å². The van der Waals surface area contributed by atoms with Gasteiger partial charge in [0.25, 0.3) is 0 Å². The minimum Gasteiger partial charge on any atom is -0.480 e. The van der Waals surface area contributed by atoms with Crippen molar-refractivity contribution in [3.63, 3.8) is 0 Å². The Morgan fingerprint density at radius 3 is 2.23 bits per heavy atom. The van der Waals surface area contributed by atoms with Crippen LogP contribution in [0.1, 0.15) is 18.9 Å². The summed E-state index contributed by atoms with van der Waals surface area (Å²) in [7, 11) is -1.42. The normalized spacial score (nSPS) is 13.7. The van der Waals surface area contributed by atoms with Gasteiger partial charge in [-0.05, 0) is 30.2 Å². The van der Waals surface area contributed by atoms with E-state index in [0.717, 1.165) is 0 Å². The molecule has 0 saturated carbocycles. The molecule has 0 radical (unpaired) electrons. The molecule has 3 atom stereocenters. The summed E-state index contributed by atoms with van der Waals surface area (Å²) in [5.74, 6) is -3.07. The first-order chi connectivity index (χ1) is 14.3. The van der Waals surface area contributed by atoms with Crippen LogP contribution in [0.25, 0.3) is 0 Å². The number of carbonyl (C=O) groups is 3. The van der Waals surface area contributed by atoms with Crippen molar-refractivity contribution in [3.8, 4) is 0 Å². The molecule has 0 aliphatic rings. The van der Waals surface area contributed by atoms with E-state index >= 15 is 0 Å². The highest BCUT2D eigenvalue weighted by Crippen LogP contribution is 2.11. The predicted octanol–water partition coefficient (Wildman–Crippen LogP) is 1.64. The maximum atomic E-state index is 13.9. The topological polar surface area (TPSA) is 113 Å². The average Bonchev–Trinajstić information content (AvgIpc) is 2.71. The van der Waals surface area contributed by atoms with Gasteiger partial charge in [0.2, 0.25) is 11.8 Å². The van der Waals surface area contributed by atoms with E-state index in [4.69, 9.17) is 0 Å². The van der Waals surface area contributed by atoms with Crippen molar-refractivity contribution in [3.05, 3.63) is 66.0 Å². The summed E-state index contributed by atoms with van der Waals surface area (Å²) < 4.78 is 26.3. The summed E-state index contributed by atoms with van der Waals surface area (Å²) in [6, 6.07) is 11.9. The van der Waals surface area contributed by atoms with E-state index in [1.54, 1.807) is 36.4 Å². The molecule has 0 saturated heterocycles. The van der Waals surface area contributed by atoms with Crippen molar-refractivity contribution in [1.29, 1.82) is 0 Å². The summed E-state index contributed by atoms with van der Waals surface area (Å²) in [6.45, 7) is 1.21. The average molecular weight is 434 g/mol. The van der Waals surface area contributed by atoms with E-state index in [1.807, 2.05) is 0 Å². The third-order valence-corrected chi connectivity index (χ3v) is 5.69. The summed E-state index contributed by atoms with van der Waals surface area (Å²) >= 11 is 0. The number of amides is 2. The van der Waals surface area contributed by atoms with Crippen LogP contribution in [-0.2, 0) is 31.6 Å². The van der Waals surface area contributed by atoms with Gasteiger partial charge in [0.05, 0.1) is 10.8 Å². The first-order valence-electron chi connectivity index (χ1n) is 9.25. The Hall–Kier alpha value is -3.07. The number of halogens is 1. The summed E-state index contributed by atoms with van der Waals surface area (Å²) in [5.41, 5.74) is 0.212. The Kier molecular flexibility index (Phi) is 8.67. The summed E-state index contributed by atoms with van der Waals surface area (Å²) in [4.78, 5) is 36.3. The Morgan fingerprint density at radius 1 is 1.00 bits per heavy atom. The molecule has 0 bridgehead atoms. The molecule has 0 aromatic heterocycles. The fourth-order valence-electron chi connectivity index (χ4n) is 2.78. The summed E-state index contributed by atoms with van der Waals surface area (Å²) in [6.07, 6.45) is -0.213. The number of carboxylic acids is 1. The van der Waals surface area contributed by atoms with Crippen LogP contribution in [0, 0.1) is 5.82 Å². The minimum atomic E-state index is -1.42. The number of carboxylic acid groups (broad SMARTS) is 1. The lowest BCUT2D eigenvalue weighted by Gasteiger charge is -2.21. The van der Waals surface area contributed by atoms with Crippen molar-refractivity contribution in [2.75, 3.05) is 5.75 Å². The molecular formula is C21H23FN2O5S. The van der Waals surface area contributed by atoms with Crippen LogP contribution in [-0.4, -0.2) is 44.9 Å². The first-order valence-corrected chi connectivity index (χ1v) is 10.6. The number of rotatable bonds is 10. The fourth-order valence-corrected chi connectivity index (χ4v) is 3.93. The lowest BCUT2D eigenvalue weighted by Crippen LogP contribution is -2.52. The van der Waals surface area contributed by atoms with E-state index in [0.29, 0.717) is 4.90 Å². The van der Waals surface area contributed by atoms with Gasteiger partial charge in [-0.1, -0.05) is 36.4 Å². The molecule has 2 amide bonds. The molecule has 3 N–H and O–H groups in total. The quantitative estimate of drug-likeness (QED) is 0.526. The second-order valence-electron chi connectivity index (χ2n) is 6.60. The van der Waals surface area contributed by atoms with Gasteiger partial charge in [-0.2, -0.15) is 0 Å². The van der Waals surface area contributed by atoms with E-state index in [2.05, 4.69) is 10.6 Å². The first kappa shape index (κ1) is 23.2. The number of nitrogens with one attached hydrogen (secondary N) is 2. The third-order valence-electron chi connectivity index (χ3n) is 4.29. The molecule has 0 heterocycles. The van der Waals surface area contributed by atoms with E-state index < -0.39 is 46.5 Å². The highest BCUT2D eigenvalue weighted by molar-refractivity contribution is 7.85. The standard InChI is InChI=1S/C21H23FN2O5S/c1-14(25)23-19(13-15-7-5-6-10-17(15)22)20(26)24-18(21(27)28)11-12-30(29)16-8-3-2-4-9-16/h2-10,18-19H,11-13H2,1H3,(H,23,25)(H,24,26)(H,27,28)/t18-,19+,30+/m1/s1.